The van der Waals surface area contributed by atoms with Crippen LogP contribution < -0.4 is 10.3 Å². The molecule has 32 heavy (non-hydrogen) atoms. The first-order valence-corrected chi connectivity index (χ1v) is 10.9. The highest BCUT2D eigenvalue weighted by molar-refractivity contribution is 5.94. The number of pyridine rings is 1. The number of nitrogens with zero attached hydrogens (tertiary/aromatic N) is 3. The van der Waals surface area contributed by atoms with Gasteiger partial charge < -0.3 is 19.1 Å². The highest BCUT2D eigenvalue weighted by Crippen LogP contribution is 2.27. The molecule has 0 N–H and O–H groups in total. The van der Waals surface area contributed by atoms with Crippen LogP contribution in [-0.2, 0) is 11.3 Å². The number of hydrogen-bond acceptors (Lipinski definition) is 5. The molecule has 7 heteroatoms. The Morgan fingerprint density at radius 1 is 1.09 bits per heavy atom. The van der Waals surface area contributed by atoms with Gasteiger partial charge in [-0.25, -0.2) is 9.18 Å². The van der Waals surface area contributed by atoms with E-state index in [1.807, 2.05) is 47.7 Å². The average molecular weight is 438 g/mol. The van der Waals surface area contributed by atoms with E-state index in [2.05, 4.69) is 4.90 Å². The first-order chi connectivity index (χ1) is 15.4. The zero-order valence-corrected chi connectivity index (χ0v) is 18.7. The first kappa shape index (κ1) is 22.0. The van der Waals surface area contributed by atoms with Gasteiger partial charge in [-0.05, 0) is 38.6 Å². The molecule has 0 bridgehead atoms. The van der Waals surface area contributed by atoms with Gasteiger partial charge in [0.15, 0.2) is 0 Å². The number of halogens is 1. The Hall–Kier alpha value is -3.19. The van der Waals surface area contributed by atoms with Gasteiger partial charge in [-0.3, -0.25) is 4.79 Å². The molecular formula is C25H28FN3O3. The quantitative estimate of drug-likeness (QED) is 0.573. The zero-order chi connectivity index (χ0) is 22.8. The molecule has 1 aromatic heterocycles. The summed E-state index contributed by atoms with van der Waals surface area (Å²) in [5.41, 5.74) is 2.64. The predicted octanol–water partition coefficient (Wildman–Crippen LogP) is 3.43. The van der Waals surface area contributed by atoms with Gasteiger partial charge in [0.25, 0.3) is 0 Å². The summed E-state index contributed by atoms with van der Waals surface area (Å²) in [4.78, 5) is 29.7. The van der Waals surface area contributed by atoms with Gasteiger partial charge in [-0.15, -0.1) is 0 Å². The van der Waals surface area contributed by atoms with E-state index in [4.69, 9.17) is 4.74 Å². The number of anilines is 1. The number of aromatic nitrogens is 1. The van der Waals surface area contributed by atoms with Gasteiger partial charge in [0.05, 0.1) is 17.8 Å². The lowest BCUT2D eigenvalue weighted by Crippen LogP contribution is -2.44. The third kappa shape index (κ3) is 4.39. The summed E-state index contributed by atoms with van der Waals surface area (Å²) in [6.45, 7) is 7.41. The minimum absolute atomic E-state index is 0.0850. The second-order valence-corrected chi connectivity index (χ2v) is 8.32. The number of aryl methyl sites for hydroxylation is 1. The van der Waals surface area contributed by atoms with Gasteiger partial charge in [0.2, 0.25) is 5.43 Å². The van der Waals surface area contributed by atoms with E-state index in [1.165, 1.54) is 12.3 Å². The van der Waals surface area contributed by atoms with Crippen molar-refractivity contribution in [3.05, 3.63) is 75.3 Å². The van der Waals surface area contributed by atoms with E-state index in [1.54, 1.807) is 13.0 Å². The topological polar surface area (TPSA) is 54.8 Å². The van der Waals surface area contributed by atoms with Crippen LogP contribution in [0.15, 0.2) is 47.4 Å². The molecule has 6 nitrogen and oxygen atoms in total. The highest BCUT2D eigenvalue weighted by Gasteiger charge is 2.22. The molecule has 1 fully saturated rings. The number of carbonyl (C=O) groups is 1. The Morgan fingerprint density at radius 3 is 2.44 bits per heavy atom. The summed E-state index contributed by atoms with van der Waals surface area (Å²) in [6, 6.07) is 11.0. The predicted molar refractivity (Wildman–Crippen MR) is 124 cm³/mol. The van der Waals surface area contributed by atoms with E-state index in [9.17, 15) is 9.59 Å². The Bertz CT molecular complexity index is 1200. The standard InChI is InChI=1S/C25H28FN3O3/c1-4-32-25(31)20-16-29(15-18-7-5-17(2)6-8-18)22-14-23(21(26)13-19(22)24(20)30)28-11-9-27(3)10-12-28/h5-8,13-14,16H,4,9-12,15H2,1-3H3. The third-order valence-corrected chi connectivity index (χ3v) is 5.96. The summed E-state index contributed by atoms with van der Waals surface area (Å²) in [7, 11) is 2.05. The number of esters is 1. The summed E-state index contributed by atoms with van der Waals surface area (Å²) < 4.78 is 22.1. The molecule has 1 aliphatic heterocycles. The highest BCUT2D eigenvalue weighted by atomic mass is 19.1. The molecule has 1 saturated heterocycles. The summed E-state index contributed by atoms with van der Waals surface area (Å²) in [5.74, 6) is -1.15. The fraction of sp³-hybridized carbons (Fsp3) is 0.360. The number of likely N-dealkylation sites (N-methyl/N-ethyl adjacent to an activating group) is 1. The molecular weight excluding hydrogens is 409 g/mol. The van der Waals surface area contributed by atoms with Gasteiger partial charge in [0.1, 0.15) is 11.4 Å². The molecule has 0 amide bonds. The Balaban J connectivity index is 1.87. The molecule has 0 saturated carbocycles. The number of rotatable bonds is 5. The maximum Gasteiger partial charge on any atom is 0.343 e. The van der Waals surface area contributed by atoms with Crippen molar-refractivity contribution < 1.29 is 13.9 Å². The lowest BCUT2D eigenvalue weighted by molar-refractivity contribution is 0.0524. The van der Waals surface area contributed by atoms with Crippen molar-refractivity contribution in [1.82, 2.24) is 9.47 Å². The molecule has 0 spiro atoms. The Kier molecular flexibility index (Phi) is 6.28. The molecule has 0 unspecified atom stereocenters. The lowest BCUT2D eigenvalue weighted by atomic mass is 10.1. The van der Waals surface area contributed by atoms with Gasteiger partial charge in [-0.2, -0.15) is 0 Å². The first-order valence-electron chi connectivity index (χ1n) is 10.9. The SMILES string of the molecule is CCOC(=O)c1cn(Cc2ccc(C)cc2)c2cc(N3CCN(C)CC3)c(F)cc2c1=O. The largest absolute Gasteiger partial charge is 0.462 e. The number of fused-ring (bicyclic) bond motifs is 1. The molecule has 0 radical (unpaired) electrons. The van der Waals surface area contributed by atoms with Crippen molar-refractivity contribution in [2.45, 2.75) is 20.4 Å². The van der Waals surface area contributed by atoms with E-state index >= 15 is 4.39 Å². The van der Waals surface area contributed by atoms with Crippen molar-refractivity contribution in [2.75, 3.05) is 44.7 Å². The zero-order valence-electron chi connectivity index (χ0n) is 18.7. The van der Waals surface area contributed by atoms with E-state index < -0.39 is 17.2 Å². The maximum absolute atomic E-state index is 15.1. The van der Waals surface area contributed by atoms with Gasteiger partial charge in [0, 0.05) is 44.3 Å². The van der Waals surface area contributed by atoms with Crippen molar-refractivity contribution in [1.29, 1.82) is 0 Å². The number of piperazine rings is 1. The molecule has 4 rings (SSSR count). The van der Waals surface area contributed by atoms with Crippen LogP contribution in [0, 0.1) is 12.7 Å². The van der Waals surface area contributed by atoms with Crippen LogP contribution in [0.4, 0.5) is 10.1 Å². The van der Waals surface area contributed by atoms with E-state index in [0.717, 1.165) is 24.2 Å². The second-order valence-electron chi connectivity index (χ2n) is 8.32. The van der Waals surface area contributed by atoms with E-state index in [0.29, 0.717) is 30.8 Å². The molecule has 1 aliphatic rings. The van der Waals surface area contributed by atoms with Crippen LogP contribution in [0.5, 0.6) is 0 Å². The number of hydrogen-bond donors (Lipinski definition) is 0. The Labute approximate surface area is 186 Å². The fourth-order valence-corrected chi connectivity index (χ4v) is 4.06. The summed E-state index contributed by atoms with van der Waals surface area (Å²) >= 11 is 0. The molecule has 168 valence electrons. The van der Waals surface area contributed by atoms with Crippen LogP contribution in [0.25, 0.3) is 10.9 Å². The number of ether oxygens (including phenoxy) is 1. The minimum atomic E-state index is -0.694. The van der Waals surface area contributed by atoms with E-state index in [-0.39, 0.29) is 17.6 Å². The molecule has 0 aliphatic carbocycles. The average Bonchev–Trinajstić information content (AvgIpc) is 2.78. The van der Waals surface area contributed by atoms with Crippen molar-refractivity contribution in [3.8, 4) is 0 Å². The third-order valence-electron chi connectivity index (χ3n) is 5.96. The Morgan fingerprint density at radius 2 is 1.78 bits per heavy atom. The van der Waals surface area contributed by atoms with Gasteiger partial charge in [-0.1, -0.05) is 29.8 Å². The van der Waals surface area contributed by atoms with Crippen LogP contribution in [0.1, 0.15) is 28.4 Å². The van der Waals surface area contributed by atoms with Crippen LogP contribution >= 0.6 is 0 Å². The normalized spacial score (nSPS) is 14.7. The van der Waals surface area contributed by atoms with Crippen LogP contribution in [0.2, 0.25) is 0 Å². The van der Waals surface area contributed by atoms with Crippen LogP contribution in [0.3, 0.4) is 0 Å². The lowest BCUT2D eigenvalue weighted by Gasteiger charge is -2.34. The summed E-state index contributed by atoms with van der Waals surface area (Å²) in [6.07, 6.45) is 1.54. The second kappa shape index (κ2) is 9.12. The molecule has 3 aromatic rings. The van der Waals surface area contributed by atoms with Gasteiger partial charge >= 0.3 is 5.97 Å². The smallest absolute Gasteiger partial charge is 0.343 e. The molecule has 0 atom stereocenters. The fourth-order valence-electron chi connectivity index (χ4n) is 4.06. The maximum atomic E-state index is 15.1. The number of carbonyl (C=O) groups excluding carboxylic acids is 1. The summed E-state index contributed by atoms with van der Waals surface area (Å²) in [5, 5.41) is 0.179. The molecule has 2 heterocycles. The number of benzene rings is 2. The molecule has 2 aromatic carbocycles. The minimum Gasteiger partial charge on any atom is -0.462 e. The monoisotopic (exact) mass is 437 g/mol. The van der Waals surface area contributed by atoms with Crippen LogP contribution in [-0.4, -0.2) is 55.3 Å². The van der Waals surface area contributed by atoms with Crippen molar-refractivity contribution >= 4 is 22.6 Å². The van der Waals surface area contributed by atoms with Crippen molar-refractivity contribution in [2.24, 2.45) is 0 Å². The van der Waals surface area contributed by atoms with Crippen molar-refractivity contribution in [3.63, 3.8) is 0 Å².